The topological polar surface area (TPSA) is 67.6 Å². The summed E-state index contributed by atoms with van der Waals surface area (Å²) in [6.07, 6.45) is 0. The number of rotatable bonds is 6. The number of amides is 1. The van der Waals surface area contributed by atoms with E-state index in [1.165, 1.54) is 0 Å². The van der Waals surface area contributed by atoms with E-state index in [-0.39, 0.29) is 11.9 Å². The van der Waals surface area contributed by atoms with Crippen molar-refractivity contribution in [3.05, 3.63) is 41.6 Å². The van der Waals surface area contributed by atoms with Crippen LogP contribution in [0.2, 0.25) is 0 Å². The molecule has 1 atom stereocenters. The minimum atomic E-state index is -0.299. The van der Waals surface area contributed by atoms with Gasteiger partial charge in [-0.25, -0.2) is 0 Å². The molecular weight excluding hydrogens is 282 g/mol. The van der Waals surface area contributed by atoms with Gasteiger partial charge < -0.3 is 9.26 Å². The predicted octanol–water partition coefficient (Wildman–Crippen LogP) is 2.45. The Hall–Kier alpha value is -2.34. The largest absolute Gasteiger partial charge is 0.497 e. The Bertz CT molecular complexity index is 622. The number of hydrogen-bond donors (Lipinski definition) is 1. The Morgan fingerprint density at radius 3 is 2.64 bits per heavy atom. The monoisotopic (exact) mass is 303 g/mol. The van der Waals surface area contributed by atoms with Crippen molar-refractivity contribution in [2.24, 2.45) is 0 Å². The first-order valence-electron chi connectivity index (χ1n) is 7.07. The Morgan fingerprint density at radius 2 is 2.09 bits per heavy atom. The second-order valence-electron chi connectivity index (χ2n) is 5.26. The van der Waals surface area contributed by atoms with Crippen molar-refractivity contribution in [2.45, 2.75) is 26.4 Å². The van der Waals surface area contributed by atoms with Gasteiger partial charge in [-0.1, -0.05) is 17.3 Å². The van der Waals surface area contributed by atoms with Crippen molar-refractivity contribution in [1.82, 2.24) is 10.1 Å². The van der Waals surface area contributed by atoms with Crippen LogP contribution in [0.3, 0.4) is 0 Å². The lowest BCUT2D eigenvalue weighted by Gasteiger charge is -2.23. The molecule has 0 radical (unpaired) electrons. The van der Waals surface area contributed by atoms with Crippen LogP contribution in [0.4, 0.5) is 5.88 Å². The smallest absolute Gasteiger partial charge is 0.243 e. The van der Waals surface area contributed by atoms with E-state index in [4.69, 9.17) is 9.26 Å². The molecule has 1 aromatic heterocycles. The lowest BCUT2D eigenvalue weighted by atomic mass is 10.2. The van der Waals surface area contributed by atoms with Gasteiger partial charge in [0, 0.05) is 12.6 Å². The zero-order valence-electron chi connectivity index (χ0n) is 13.3. The summed E-state index contributed by atoms with van der Waals surface area (Å²) in [6.45, 7) is 4.31. The first-order valence-corrected chi connectivity index (χ1v) is 7.07. The predicted molar refractivity (Wildman–Crippen MR) is 83.8 cm³/mol. The number of aromatic nitrogens is 1. The van der Waals surface area contributed by atoms with E-state index in [0.717, 1.165) is 17.0 Å². The molecule has 0 fully saturated rings. The fourth-order valence-electron chi connectivity index (χ4n) is 2.00. The molecule has 1 amide bonds. The van der Waals surface area contributed by atoms with Crippen molar-refractivity contribution in [3.8, 4) is 5.75 Å². The van der Waals surface area contributed by atoms with Crippen LogP contribution in [0.15, 0.2) is 34.9 Å². The molecule has 2 aromatic rings. The summed E-state index contributed by atoms with van der Waals surface area (Å²) in [5.41, 5.74) is 1.84. The molecule has 118 valence electrons. The summed E-state index contributed by atoms with van der Waals surface area (Å²) in [6, 6.07) is 9.18. The normalized spacial score (nSPS) is 12.2. The number of benzene rings is 1. The third kappa shape index (κ3) is 4.08. The molecule has 0 aliphatic rings. The first-order chi connectivity index (χ1) is 10.5. The zero-order valence-corrected chi connectivity index (χ0v) is 13.3. The molecule has 1 unspecified atom stereocenters. The molecule has 0 aliphatic carbocycles. The molecule has 0 saturated carbocycles. The minimum absolute atomic E-state index is 0.132. The highest BCUT2D eigenvalue weighted by molar-refractivity contribution is 5.93. The fraction of sp³-hybridized carbons (Fsp3) is 0.375. The summed E-state index contributed by atoms with van der Waals surface area (Å²) < 4.78 is 10.1. The number of carbonyl (C=O) groups excluding carboxylic acids is 1. The van der Waals surface area contributed by atoms with Gasteiger partial charge in [-0.15, -0.1) is 0 Å². The number of anilines is 1. The molecule has 2 rings (SSSR count). The SMILES string of the molecule is COc1ccc(CN(C)C(C)C(=O)Nc2cc(C)no2)cc1. The molecule has 22 heavy (non-hydrogen) atoms. The van der Waals surface area contributed by atoms with Gasteiger partial charge in [-0.05, 0) is 38.6 Å². The van der Waals surface area contributed by atoms with Gasteiger partial charge in [0.05, 0.1) is 18.8 Å². The number of likely N-dealkylation sites (N-methyl/N-ethyl adjacent to an activating group) is 1. The lowest BCUT2D eigenvalue weighted by molar-refractivity contribution is -0.120. The van der Waals surface area contributed by atoms with Crippen LogP contribution in [0, 0.1) is 6.92 Å². The highest BCUT2D eigenvalue weighted by atomic mass is 16.5. The number of nitrogens with zero attached hydrogens (tertiary/aromatic N) is 2. The molecule has 0 spiro atoms. The van der Waals surface area contributed by atoms with Crippen LogP contribution in [0.25, 0.3) is 0 Å². The van der Waals surface area contributed by atoms with E-state index >= 15 is 0 Å². The second kappa shape index (κ2) is 7.09. The van der Waals surface area contributed by atoms with Crippen molar-refractivity contribution in [2.75, 3.05) is 19.5 Å². The molecule has 6 heteroatoms. The summed E-state index contributed by atoms with van der Waals surface area (Å²) in [5.74, 6) is 1.05. The maximum atomic E-state index is 12.2. The lowest BCUT2D eigenvalue weighted by Crippen LogP contribution is -2.39. The Kier molecular flexibility index (Phi) is 5.16. The number of nitrogens with one attached hydrogen (secondary N) is 1. The quantitative estimate of drug-likeness (QED) is 0.888. The van der Waals surface area contributed by atoms with Gasteiger partial charge in [-0.3, -0.25) is 15.0 Å². The van der Waals surface area contributed by atoms with E-state index in [9.17, 15) is 4.79 Å². The number of carbonyl (C=O) groups is 1. The number of aryl methyl sites for hydroxylation is 1. The van der Waals surface area contributed by atoms with Crippen molar-refractivity contribution >= 4 is 11.8 Å². The van der Waals surface area contributed by atoms with Gasteiger partial charge >= 0.3 is 0 Å². The number of methoxy groups -OCH3 is 1. The molecular formula is C16H21N3O3. The molecule has 0 saturated heterocycles. The van der Waals surface area contributed by atoms with Crippen LogP contribution in [0.5, 0.6) is 5.75 Å². The van der Waals surface area contributed by atoms with E-state index in [1.54, 1.807) is 20.1 Å². The van der Waals surface area contributed by atoms with Gasteiger partial charge in [0.25, 0.3) is 0 Å². The van der Waals surface area contributed by atoms with Crippen LogP contribution in [0.1, 0.15) is 18.2 Å². The maximum absolute atomic E-state index is 12.2. The van der Waals surface area contributed by atoms with Gasteiger partial charge in [0.2, 0.25) is 11.8 Å². The molecule has 1 aromatic carbocycles. The highest BCUT2D eigenvalue weighted by Gasteiger charge is 2.19. The van der Waals surface area contributed by atoms with Crippen LogP contribution < -0.4 is 10.1 Å². The molecule has 0 bridgehead atoms. The third-order valence-corrected chi connectivity index (χ3v) is 3.51. The second-order valence-corrected chi connectivity index (χ2v) is 5.26. The Labute approximate surface area is 130 Å². The average molecular weight is 303 g/mol. The standard InChI is InChI=1S/C16H21N3O3/c1-11-9-15(22-18-11)17-16(20)12(2)19(3)10-13-5-7-14(21-4)8-6-13/h5-9,12H,10H2,1-4H3,(H,17,20). The van der Waals surface area contributed by atoms with Crippen LogP contribution in [-0.4, -0.2) is 36.2 Å². The Morgan fingerprint density at radius 1 is 1.41 bits per heavy atom. The number of ether oxygens (including phenoxy) is 1. The van der Waals surface area contributed by atoms with Crippen molar-refractivity contribution < 1.29 is 14.1 Å². The minimum Gasteiger partial charge on any atom is -0.497 e. The van der Waals surface area contributed by atoms with Crippen LogP contribution >= 0.6 is 0 Å². The zero-order chi connectivity index (χ0) is 16.1. The Balaban J connectivity index is 1.92. The van der Waals surface area contributed by atoms with Crippen LogP contribution in [-0.2, 0) is 11.3 Å². The van der Waals surface area contributed by atoms with Gasteiger partial charge in [-0.2, -0.15) is 0 Å². The van der Waals surface area contributed by atoms with E-state index < -0.39 is 0 Å². The number of hydrogen-bond acceptors (Lipinski definition) is 5. The van der Waals surface area contributed by atoms with E-state index in [1.807, 2.05) is 43.1 Å². The van der Waals surface area contributed by atoms with Gasteiger partial charge in [0.1, 0.15) is 5.75 Å². The molecule has 0 aliphatic heterocycles. The summed E-state index contributed by atoms with van der Waals surface area (Å²) >= 11 is 0. The molecule has 1 N–H and O–H groups in total. The van der Waals surface area contributed by atoms with Crippen molar-refractivity contribution in [1.29, 1.82) is 0 Å². The summed E-state index contributed by atoms with van der Waals surface area (Å²) in [5, 5.41) is 6.46. The average Bonchev–Trinajstić information content (AvgIpc) is 2.92. The fourth-order valence-corrected chi connectivity index (χ4v) is 2.00. The summed E-state index contributed by atoms with van der Waals surface area (Å²) in [4.78, 5) is 14.2. The maximum Gasteiger partial charge on any atom is 0.243 e. The highest BCUT2D eigenvalue weighted by Crippen LogP contribution is 2.14. The summed E-state index contributed by atoms with van der Waals surface area (Å²) in [7, 11) is 3.54. The molecule has 1 heterocycles. The van der Waals surface area contributed by atoms with Gasteiger partial charge in [0.15, 0.2) is 0 Å². The molecule has 6 nitrogen and oxygen atoms in total. The van der Waals surface area contributed by atoms with Crippen molar-refractivity contribution in [3.63, 3.8) is 0 Å². The third-order valence-electron chi connectivity index (χ3n) is 3.51. The van der Waals surface area contributed by atoms with E-state index in [2.05, 4.69) is 10.5 Å². The van der Waals surface area contributed by atoms with E-state index in [0.29, 0.717) is 12.4 Å². The first kappa shape index (κ1) is 16.0.